The predicted molar refractivity (Wildman–Crippen MR) is 17.0 cm³/mol. The first kappa shape index (κ1) is 23.0. The molecule has 62 valence electrons. The van der Waals surface area contributed by atoms with Gasteiger partial charge in [-0.25, -0.2) is 0 Å². The molecule has 0 saturated carbocycles. The van der Waals surface area contributed by atoms with Gasteiger partial charge < -0.3 is 35.5 Å². The molecule has 8 heteroatoms. The minimum absolute atomic E-state index is 0. The Bertz CT molecular complexity index is 69.6. The predicted octanol–water partition coefficient (Wildman–Crippen LogP) is -4.39. The van der Waals surface area contributed by atoms with Crippen molar-refractivity contribution in [2.45, 2.75) is 0 Å². The van der Waals surface area contributed by atoms with Crippen molar-refractivity contribution in [2.24, 2.45) is 0 Å². The monoisotopic (exact) mass is 198 g/mol. The zero-order valence-corrected chi connectivity index (χ0v) is 5.36. The average Bonchev–Trinajstić information content (AvgIpc) is 1.25. The maximum absolute atomic E-state index is 8.44. The molecule has 0 heterocycles. The Morgan fingerprint density at radius 3 is 1.10 bits per heavy atom. The Kier molecular flexibility index (Phi) is 36.1. The van der Waals surface area contributed by atoms with Crippen LogP contribution in [0.1, 0.15) is 0 Å². The molecule has 0 aliphatic rings. The third-order valence-electron chi connectivity index (χ3n) is 0. The summed E-state index contributed by atoms with van der Waals surface area (Å²) in [6.07, 6.45) is -4.42. The van der Waals surface area contributed by atoms with Crippen molar-refractivity contribution >= 4 is 12.3 Å². The summed E-state index contributed by atoms with van der Waals surface area (Å²) >= 11 is 0. The van der Waals surface area contributed by atoms with Crippen molar-refractivity contribution in [3.8, 4) is 0 Å². The molecule has 0 bridgehead atoms. The normalized spacial score (nSPS) is 4.80. The van der Waals surface area contributed by atoms with Crippen molar-refractivity contribution in [3.63, 3.8) is 0 Å². The summed E-state index contributed by atoms with van der Waals surface area (Å²) < 4.78 is 0. The minimum Gasteiger partial charge on any atom is -0.652 e. The molecule has 0 amide bonds. The van der Waals surface area contributed by atoms with Gasteiger partial charge in [-0.1, -0.05) is 0 Å². The average molecular weight is 198 g/mol. The maximum atomic E-state index is 8.44. The molecule has 0 radical (unpaired) electrons. The van der Waals surface area contributed by atoms with Crippen LogP contribution in [0.2, 0.25) is 0 Å². The van der Waals surface area contributed by atoms with Crippen LogP contribution in [0, 0.1) is 0 Å². The molecule has 0 unspecified atom stereocenters. The van der Waals surface area contributed by atoms with E-state index in [-0.39, 0.29) is 22.3 Å². The van der Waals surface area contributed by atoms with Gasteiger partial charge in [-0.15, -0.1) is 0 Å². The van der Waals surface area contributed by atoms with Gasteiger partial charge in [0.2, 0.25) is 6.16 Å². The van der Waals surface area contributed by atoms with Crippen molar-refractivity contribution in [2.75, 3.05) is 0 Å². The van der Waals surface area contributed by atoms with E-state index >= 15 is 0 Å². The fraction of sp³-hybridized carbons (Fsp3) is 0. The second-order valence-electron chi connectivity index (χ2n) is 0.516. The molecule has 0 atom stereocenters. The molecular weight excluding hydrogens is 195 g/mol. The molecule has 0 fully saturated rings. The van der Waals surface area contributed by atoms with E-state index in [1.165, 1.54) is 0 Å². The molecule has 0 aromatic rings. The topological polar surface area (TPSA) is 155 Å². The summed E-state index contributed by atoms with van der Waals surface area (Å²) in [4.78, 5) is 16.8. The minimum atomic E-state index is -2.33. The molecule has 10 heavy (non-hydrogen) atoms. The van der Waals surface area contributed by atoms with E-state index in [9.17, 15) is 0 Å². The number of hydrogen-bond donors (Lipinski definition) is 1. The first-order valence-electron chi connectivity index (χ1n) is 1.24. The van der Waals surface area contributed by atoms with Gasteiger partial charge in [0.1, 0.15) is 0 Å². The summed E-state index contributed by atoms with van der Waals surface area (Å²) in [7, 11) is 0. The van der Waals surface area contributed by atoms with Crippen molar-refractivity contribution in [1.82, 2.24) is 0 Å². The van der Waals surface area contributed by atoms with Crippen LogP contribution in [0.5, 0.6) is 0 Å². The molecule has 0 aromatic heterocycles. The van der Waals surface area contributed by atoms with Crippen LogP contribution < -0.4 is 15.3 Å². The Balaban J connectivity index is -0.0000000300. The third kappa shape index (κ3) is 256. The van der Waals surface area contributed by atoms with Gasteiger partial charge in [-0.3, -0.25) is 0 Å². The van der Waals surface area contributed by atoms with Crippen molar-refractivity contribution in [3.05, 3.63) is 0 Å². The van der Waals surface area contributed by atoms with Gasteiger partial charge in [-0.05, 0) is 6.16 Å². The molecule has 0 saturated heterocycles. The van der Waals surface area contributed by atoms with Crippen LogP contribution in [-0.2, 0) is 16.8 Å². The van der Waals surface area contributed by atoms with Crippen molar-refractivity contribution in [1.29, 1.82) is 0 Å². The molecule has 0 spiro atoms. The zero-order valence-electron chi connectivity index (χ0n) is 4.32. The van der Waals surface area contributed by atoms with Crippen molar-refractivity contribution < 1.29 is 52.3 Å². The Morgan fingerprint density at radius 2 is 1.10 bits per heavy atom. The van der Waals surface area contributed by atoms with Crippen LogP contribution in [-0.4, -0.2) is 22.9 Å². The van der Waals surface area contributed by atoms with E-state index in [1.807, 2.05) is 0 Å². The van der Waals surface area contributed by atoms with Crippen LogP contribution >= 0.6 is 0 Å². The number of carbonyl (C=O) groups is 2. The summed E-state index contributed by atoms with van der Waals surface area (Å²) in [6, 6.07) is 0. The Labute approximate surface area is 65.4 Å². The first-order valence-corrected chi connectivity index (χ1v) is 1.24. The van der Waals surface area contributed by atoms with E-state index in [4.69, 9.17) is 30.0 Å². The summed E-state index contributed by atoms with van der Waals surface area (Å²) in [5.41, 5.74) is 0. The molecular formula is C2H3CoO7. The second-order valence-corrected chi connectivity index (χ2v) is 0.516. The third-order valence-corrected chi connectivity index (χ3v) is 0. The molecule has 3 N–H and O–H groups in total. The van der Waals surface area contributed by atoms with Crippen LogP contribution in [0.15, 0.2) is 0 Å². The van der Waals surface area contributed by atoms with Gasteiger partial charge in [0.15, 0.2) is 0 Å². The zero-order chi connectivity index (χ0) is 7.15. The van der Waals surface area contributed by atoms with Crippen LogP contribution in [0.4, 0.5) is 9.59 Å². The molecule has 0 aromatic carbocycles. The fourth-order valence-corrected chi connectivity index (χ4v) is 0. The number of carbonyl (C=O) groups excluding carboxylic acids is 1. The summed E-state index contributed by atoms with van der Waals surface area (Å²) in [6.45, 7) is 0. The Morgan fingerprint density at radius 1 is 1.10 bits per heavy atom. The smallest absolute Gasteiger partial charge is 0.652 e. The maximum Gasteiger partial charge on any atom is 3.00 e. The van der Waals surface area contributed by atoms with E-state index in [0.717, 1.165) is 0 Å². The van der Waals surface area contributed by atoms with Gasteiger partial charge in [-0.2, -0.15) is 0 Å². The van der Waals surface area contributed by atoms with E-state index < -0.39 is 12.3 Å². The van der Waals surface area contributed by atoms with Gasteiger partial charge in [0, 0.05) is 0 Å². The van der Waals surface area contributed by atoms with Gasteiger partial charge >= 0.3 is 16.8 Å². The second kappa shape index (κ2) is 15.7. The molecule has 0 aliphatic carbocycles. The first-order chi connectivity index (χ1) is 3.46. The van der Waals surface area contributed by atoms with E-state index in [1.54, 1.807) is 0 Å². The number of carboxylic acid groups (broad SMARTS) is 4. The van der Waals surface area contributed by atoms with Gasteiger partial charge in [0.25, 0.3) is 0 Å². The van der Waals surface area contributed by atoms with Crippen LogP contribution in [0.25, 0.3) is 0 Å². The SMILES string of the molecule is O.O=C([O-])O.O=C([O-])[O-].[Co+3]. The van der Waals surface area contributed by atoms with E-state index in [2.05, 4.69) is 0 Å². The van der Waals surface area contributed by atoms with Crippen LogP contribution in [0.3, 0.4) is 0 Å². The van der Waals surface area contributed by atoms with Gasteiger partial charge in [0.05, 0.1) is 0 Å². The quantitative estimate of drug-likeness (QED) is 0.414. The summed E-state index contributed by atoms with van der Waals surface area (Å²) in [5.74, 6) is 0. The molecule has 0 rings (SSSR count). The number of hydrogen-bond acceptors (Lipinski definition) is 5. The Hall–Kier alpha value is -0.994. The summed E-state index contributed by atoms with van der Waals surface area (Å²) in [5, 5.41) is 32.0. The fourth-order valence-electron chi connectivity index (χ4n) is 0. The molecule has 7 nitrogen and oxygen atoms in total. The number of rotatable bonds is 0. The van der Waals surface area contributed by atoms with E-state index in [0.29, 0.717) is 0 Å². The standard InChI is InChI=1S/2CH2O3.Co.H2O/c2*2-1(3)4;;/h2*(H2,2,3,4);;1H2/q;;+3;/p-3. The largest absolute Gasteiger partial charge is 3.00 e. The molecule has 0 aliphatic heterocycles.